The molecule has 1 aliphatic heterocycles. The summed E-state index contributed by atoms with van der Waals surface area (Å²) in [5.41, 5.74) is 1.07. The van der Waals surface area contributed by atoms with Gasteiger partial charge in [0.15, 0.2) is 0 Å². The Morgan fingerprint density at radius 2 is 1.61 bits per heavy atom. The Labute approximate surface area is 136 Å². The molecule has 1 saturated heterocycles. The number of benzene rings is 2. The van der Waals surface area contributed by atoms with E-state index in [4.69, 9.17) is 0 Å². The van der Waals surface area contributed by atoms with Gasteiger partial charge in [0.05, 0.1) is 6.42 Å². The second-order valence-electron chi connectivity index (χ2n) is 6.06. The molecule has 2 aromatic carbocycles. The van der Waals surface area contributed by atoms with Crippen LogP contribution >= 0.6 is 0 Å². The summed E-state index contributed by atoms with van der Waals surface area (Å²) in [6.45, 7) is 4.33. The Hall–Kier alpha value is -2.36. The molecule has 4 nitrogen and oxygen atoms in total. The topological polar surface area (TPSA) is 40.6 Å². The summed E-state index contributed by atoms with van der Waals surface area (Å²) in [6.07, 6.45) is 1.27. The van der Waals surface area contributed by atoms with Gasteiger partial charge in [-0.25, -0.2) is 0 Å². The molecular formula is C19H22N2O2. The number of amides is 2. The number of rotatable bonds is 2. The van der Waals surface area contributed by atoms with Crippen molar-refractivity contribution < 1.29 is 9.59 Å². The van der Waals surface area contributed by atoms with Crippen LogP contribution in [0.4, 0.5) is 0 Å². The van der Waals surface area contributed by atoms with Gasteiger partial charge >= 0.3 is 0 Å². The van der Waals surface area contributed by atoms with Crippen LogP contribution in [0.2, 0.25) is 0 Å². The van der Waals surface area contributed by atoms with E-state index >= 15 is 0 Å². The molecule has 0 aromatic heterocycles. The van der Waals surface area contributed by atoms with Crippen LogP contribution in [0.15, 0.2) is 42.5 Å². The summed E-state index contributed by atoms with van der Waals surface area (Å²) >= 11 is 0. The van der Waals surface area contributed by atoms with Crippen LogP contribution in [-0.4, -0.2) is 47.8 Å². The first-order valence-corrected chi connectivity index (χ1v) is 8.15. The lowest BCUT2D eigenvalue weighted by atomic mass is 10.0. The number of nitrogens with zero attached hydrogens (tertiary/aromatic N) is 2. The lowest BCUT2D eigenvalue weighted by Gasteiger charge is -2.21. The average molecular weight is 310 g/mol. The minimum Gasteiger partial charge on any atom is -0.341 e. The summed E-state index contributed by atoms with van der Waals surface area (Å²) in [7, 11) is 0. The molecule has 3 rings (SSSR count). The summed E-state index contributed by atoms with van der Waals surface area (Å²) in [4.78, 5) is 27.9. The smallest absolute Gasteiger partial charge is 0.227 e. The van der Waals surface area contributed by atoms with Gasteiger partial charge < -0.3 is 9.80 Å². The van der Waals surface area contributed by atoms with Crippen LogP contribution in [-0.2, 0) is 16.0 Å². The van der Waals surface area contributed by atoms with Crippen LogP contribution in [0.5, 0.6) is 0 Å². The maximum Gasteiger partial charge on any atom is 0.227 e. The standard InChI is InChI=1S/C19H22N2O2/c1-15(22)20-10-5-11-21(13-12-20)19(23)14-17-8-4-7-16-6-2-3-9-18(16)17/h2-4,6-9H,5,10-14H2,1H3. The molecule has 0 N–H and O–H groups in total. The predicted molar refractivity (Wildman–Crippen MR) is 91.1 cm³/mol. The van der Waals surface area contributed by atoms with E-state index in [1.165, 1.54) is 0 Å². The fraction of sp³-hybridized carbons (Fsp3) is 0.368. The third kappa shape index (κ3) is 3.52. The first kappa shape index (κ1) is 15.5. The number of fused-ring (bicyclic) bond motifs is 1. The molecule has 0 saturated carbocycles. The second-order valence-corrected chi connectivity index (χ2v) is 6.06. The van der Waals surface area contributed by atoms with E-state index < -0.39 is 0 Å². The molecule has 4 heteroatoms. The van der Waals surface area contributed by atoms with Crippen molar-refractivity contribution in [2.75, 3.05) is 26.2 Å². The molecule has 0 radical (unpaired) electrons. The van der Waals surface area contributed by atoms with E-state index in [0.29, 0.717) is 19.5 Å². The molecule has 1 aliphatic rings. The van der Waals surface area contributed by atoms with Gasteiger partial charge in [-0.05, 0) is 22.8 Å². The Balaban J connectivity index is 1.72. The highest BCUT2D eigenvalue weighted by atomic mass is 16.2. The zero-order valence-electron chi connectivity index (χ0n) is 13.5. The minimum atomic E-state index is 0.0911. The molecule has 120 valence electrons. The highest BCUT2D eigenvalue weighted by molar-refractivity contribution is 5.90. The fourth-order valence-electron chi connectivity index (χ4n) is 3.20. The van der Waals surface area contributed by atoms with Gasteiger partial charge in [-0.3, -0.25) is 9.59 Å². The SMILES string of the molecule is CC(=O)N1CCCN(C(=O)Cc2cccc3ccccc23)CC1. The van der Waals surface area contributed by atoms with E-state index in [9.17, 15) is 9.59 Å². The molecule has 0 aliphatic carbocycles. The maximum atomic E-state index is 12.7. The lowest BCUT2D eigenvalue weighted by Crippen LogP contribution is -2.37. The quantitative estimate of drug-likeness (QED) is 0.855. The van der Waals surface area contributed by atoms with Crippen LogP contribution in [0.1, 0.15) is 18.9 Å². The van der Waals surface area contributed by atoms with Gasteiger partial charge in [-0.15, -0.1) is 0 Å². The van der Waals surface area contributed by atoms with Crippen molar-refractivity contribution in [2.45, 2.75) is 19.8 Å². The number of carbonyl (C=O) groups excluding carboxylic acids is 2. The Morgan fingerprint density at radius 1 is 0.913 bits per heavy atom. The highest BCUT2D eigenvalue weighted by Gasteiger charge is 2.20. The van der Waals surface area contributed by atoms with E-state index in [-0.39, 0.29) is 11.8 Å². The van der Waals surface area contributed by atoms with Gasteiger partial charge in [-0.2, -0.15) is 0 Å². The fourth-order valence-corrected chi connectivity index (χ4v) is 3.20. The van der Waals surface area contributed by atoms with Gasteiger partial charge in [0.25, 0.3) is 0 Å². The molecule has 23 heavy (non-hydrogen) atoms. The molecule has 0 spiro atoms. The third-order valence-electron chi connectivity index (χ3n) is 4.52. The van der Waals surface area contributed by atoms with Crippen molar-refractivity contribution in [3.63, 3.8) is 0 Å². The van der Waals surface area contributed by atoms with Crippen LogP contribution in [0.3, 0.4) is 0 Å². The molecule has 2 amide bonds. The van der Waals surface area contributed by atoms with Crippen molar-refractivity contribution in [3.8, 4) is 0 Å². The highest BCUT2D eigenvalue weighted by Crippen LogP contribution is 2.19. The molecule has 0 unspecified atom stereocenters. The van der Waals surface area contributed by atoms with Crippen molar-refractivity contribution in [3.05, 3.63) is 48.0 Å². The zero-order chi connectivity index (χ0) is 16.2. The molecule has 2 aromatic rings. The summed E-state index contributed by atoms with van der Waals surface area (Å²) in [6, 6.07) is 14.3. The molecule has 1 fully saturated rings. The minimum absolute atomic E-state index is 0.0911. The van der Waals surface area contributed by atoms with E-state index in [2.05, 4.69) is 18.2 Å². The normalized spacial score (nSPS) is 15.5. The van der Waals surface area contributed by atoms with Crippen LogP contribution in [0.25, 0.3) is 10.8 Å². The monoisotopic (exact) mass is 310 g/mol. The van der Waals surface area contributed by atoms with Crippen LogP contribution in [0, 0.1) is 0 Å². The molecule has 1 heterocycles. The molecular weight excluding hydrogens is 288 g/mol. The van der Waals surface area contributed by atoms with Crippen molar-refractivity contribution in [2.24, 2.45) is 0 Å². The maximum absolute atomic E-state index is 12.7. The predicted octanol–water partition coefficient (Wildman–Crippen LogP) is 2.46. The Bertz CT molecular complexity index is 721. The van der Waals surface area contributed by atoms with Crippen molar-refractivity contribution in [1.29, 1.82) is 0 Å². The summed E-state index contributed by atoms with van der Waals surface area (Å²) in [5.74, 6) is 0.236. The van der Waals surface area contributed by atoms with E-state index in [1.807, 2.05) is 34.1 Å². The van der Waals surface area contributed by atoms with Gasteiger partial charge in [0.2, 0.25) is 11.8 Å². The first-order valence-electron chi connectivity index (χ1n) is 8.15. The average Bonchev–Trinajstić information content (AvgIpc) is 2.81. The molecule has 0 atom stereocenters. The van der Waals surface area contributed by atoms with Gasteiger partial charge in [-0.1, -0.05) is 42.5 Å². The largest absolute Gasteiger partial charge is 0.341 e. The Morgan fingerprint density at radius 3 is 2.43 bits per heavy atom. The number of carbonyl (C=O) groups is 2. The lowest BCUT2D eigenvalue weighted by molar-refractivity contribution is -0.132. The van der Waals surface area contributed by atoms with Crippen molar-refractivity contribution in [1.82, 2.24) is 9.80 Å². The van der Waals surface area contributed by atoms with E-state index in [0.717, 1.165) is 35.8 Å². The zero-order valence-corrected chi connectivity index (χ0v) is 13.5. The second kappa shape index (κ2) is 6.82. The van der Waals surface area contributed by atoms with Crippen molar-refractivity contribution >= 4 is 22.6 Å². The van der Waals surface area contributed by atoms with Gasteiger partial charge in [0, 0.05) is 33.1 Å². The first-order chi connectivity index (χ1) is 11.1. The van der Waals surface area contributed by atoms with Crippen LogP contribution < -0.4 is 0 Å². The molecule has 0 bridgehead atoms. The number of hydrogen-bond acceptors (Lipinski definition) is 2. The third-order valence-corrected chi connectivity index (χ3v) is 4.52. The van der Waals surface area contributed by atoms with Gasteiger partial charge in [0.1, 0.15) is 0 Å². The summed E-state index contributed by atoms with van der Waals surface area (Å²) in [5, 5.41) is 2.31. The number of hydrogen-bond donors (Lipinski definition) is 0. The Kier molecular flexibility index (Phi) is 4.60. The summed E-state index contributed by atoms with van der Waals surface area (Å²) < 4.78 is 0. The van der Waals surface area contributed by atoms with E-state index in [1.54, 1.807) is 6.92 Å².